The first kappa shape index (κ1) is 14.0. The number of piperidine rings is 1. The predicted octanol–water partition coefficient (Wildman–Crippen LogP) is 3.36. The minimum atomic E-state index is -0.0132. The molecular formula is C12H14Cl2N2OS. The molecular weight excluding hydrogens is 291 g/mol. The van der Waals surface area contributed by atoms with Gasteiger partial charge in [0.15, 0.2) is 0 Å². The highest BCUT2D eigenvalue weighted by molar-refractivity contribution is 7.99. The van der Waals surface area contributed by atoms with Gasteiger partial charge in [0, 0.05) is 23.9 Å². The largest absolute Gasteiger partial charge is 0.339 e. The molecule has 1 aromatic heterocycles. The standard InChI is InChI=1S/C12H14Cl2N2OS/c1-18-9-2-4-16(5-3-9)12(17)8-6-10(13)15-11(14)7-8/h6-7,9H,2-5H2,1H3. The van der Waals surface area contributed by atoms with Crippen molar-refractivity contribution in [3.63, 3.8) is 0 Å². The molecule has 3 nitrogen and oxygen atoms in total. The summed E-state index contributed by atoms with van der Waals surface area (Å²) in [5.41, 5.74) is 0.516. The SMILES string of the molecule is CSC1CCN(C(=O)c2cc(Cl)nc(Cl)c2)CC1. The van der Waals surface area contributed by atoms with Crippen LogP contribution in [0.1, 0.15) is 23.2 Å². The zero-order chi connectivity index (χ0) is 13.1. The van der Waals surface area contributed by atoms with Crippen molar-refractivity contribution in [2.45, 2.75) is 18.1 Å². The van der Waals surface area contributed by atoms with E-state index in [-0.39, 0.29) is 16.2 Å². The van der Waals surface area contributed by atoms with Crippen molar-refractivity contribution >= 4 is 40.9 Å². The van der Waals surface area contributed by atoms with Crippen molar-refractivity contribution < 1.29 is 4.79 Å². The topological polar surface area (TPSA) is 33.2 Å². The summed E-state index contributed by atoms with van der Waals surface area (Å²) >= 11 is 13.5. The summed E-state index contributed by atoms with van der Waals surface area (Å²) in [6.07, 6.45) is 4.20. The quantitative estimate of drug-likeness (QED) is 0.786. The third kappa shape index (κ3) is 3.31. The fourth-order valence-corrected chi connectivity index (χ4v) is 3.21. The first-order valence-electron chi connectivity index (χ1n) is 5.75. The molecule has 98 valence electrons. The zero-order valence-corrected chi connectivity index (χ0v) is 12.4. The predicted molar refractivity (Wildman–Crippen MR) is 76.7 cm³/mol. The van der Waals surface area contributed by atoms with Crippen molar-refractivity contribution in [3.8, 4) is 0 Å². The van der Waals surface area contributed by atoms with E-state index in [2.05, 4.69) is 11.2 Å². The molecule has 1 fully saturated rings. The van der Waals surface area contributed by atoms with Gasteiger partial charge in [-0.15, -0.1) is 0 Å². The number of carbonyl (C=O) groups is 1. The van der Waals surface area contributed by atoms with Gasteiger partial charge in [-0.05, 0) is 31.2 Å². The summed E-state index contributed by atoms with van der Waals surface area (Å²) in [7, 11) is 0. The number of pyridine rings is 1. The molecule has 1 amide bonds. The van der Waals surface area contributed by atoms with Gasteiger partial charge in [0.05, 0.1) is 0 Å². The highest BCUT2D eigenvalue weighted by Gasteiger charge is 2.23. The van der Waals surface area contributed by atoms with Gasteiger partial charge in [-0.3, -0.25) is 4.79 Å². The second-order valence-corrected chi connectivity index (χ2v) is 6.14. The third-order valence-electron chi connectivity index (χ3n) is 3.07. The van der Waals surface area contributed by atoms with E-state index >= 15 is 0 Å². The molecule has 0 saturated carbocycles. The van der Waals surface area contributed by atoms with Gasteiger partial charge in [0.2, 0.25) is 0 Å². The van der Waals surface area contributed by atoms with Crippen LogP contribution < -0.4 is 0 Å². The van der Waals surface area contributed by atoms with E-state index in [9.17, 15) is 4.79 Å². The van der Waals surface area contributed by atoms with Crippen LogP contribution in [0.4, 0.5) is 0 Å². The Morgan fingerprint density at radius 3 is 2.39 bits per heavy atom. The lowest BCUT2D eigenvalue weighted by Gasteiger charge is -2.31. The van der Waals surface area contributed by atoms with Crippen molar-refractivity contribution in [2.24, 2.45) is 0 Å². The Morgan fingerprint density at radius 2 is 1.89 bits per heavy atom. The molecule has 1 aliphatic rings. The second-order valence-electron chi connectivity index (χ2n) is 4.23. The van der Waals surface area contributed by atoms with Crippen LogP contribution in [0.15, 0.2) is 12.1 Å². The lowest BCUT2D eigenvalue weighted by atomic mass is 10.1. The van der Waals surface area contributed by atoms with Crippen LogP contribution in [0.3, 0.4) is 0 Å². The first-order chi connectivity index (χ1) is 8.60. The van der Waals surface area contributed by atoms with E-state index in [4.69, 9.17) is 23.2 Å². The van der Waals surface area contributed by atoms with Gasteiger partial charge in [-0.1, -0.05) is 23.2 Å². The molecule has 1 aliphatic heterocycles. The number of aromatic nitrogens is 1. The number of hydrogen-bond donors (Lipinski definition) is 0. The van der Waals surface area contributed by atoms with Gasteiger partial charge in [-0.2, -0.15) is 11.8 Å². The molecule has 0 unspecified atom stereocenters. The van der Waals surface area contributed by atoms with Crippen LogP contribution in [0.2, 0.25) is 10.3 Å². The van der Waals surface area contributed by atoms with E-state index in [1.165, 1.54) is 0 Å². The monoisotopic (exact) mass is 304 g/mol. The summed E-state index contributed by atoms with van der Waals surface area (Å²) in [6.45, 7) is 1.59. The number of carbonyl (C=O) groups excluding carboxylic acids is 1. The summed E-state index contributed by atoms with van der Waals surface area (Å²) < 4.78 is 0. The maximum absolute atomic E-state index is 12.3. The Morgan fingerprint density at radius 1 is 1.33 bits per heavy atom. The van der Waals surface area contributed by atoms with Crippen LogP contribution >= 0.6 is 35.0 Å². The van der Waals surface area contributed by atoms with Gasteiger partial charge in [-0.25, -0.2) is 4.98 Å². The second kappa shape index (κ2) is 6.13. The molecule has 0 bridgehead atoms. The number of amides is 1. The van der Waals surface area contributed by atoms with Crippen LogP contribution in [0.5, 0.6) is 0 Å². The summed E-state index contributed by atoms with van der Waals surface area (Å²) in [5.74, 6) is -0.0132. The zero-order valence-electron chi connectivity index (χ0n) is 10.0. The molecule has 0 aromatic carbocycles. The summed E-state index contributed by atoms with van der Waals surface area (Å²) in [4.78, 5) is 18.0. The average molecular weight is 305 g/mol. The molecule has 0 N–H and O–H groups in total. The van der Waals surface area contributed by atoms with Crippen molar-refractivity contribution in [1.29, 1.82) is 0 Å². The smallest absolute Gasteiger partial charge is 0.254 e. The van der Waals surface area contributed by atoms with Crippen molar-refractivity contribution in [3.05, 3.63) is 28.0 Å². The number of hydrogen-bond acceptors (Lipinski definition) is 3. The van der Waals surface area contributed by atoms with E-state index in [0.717, 1.165) is 25.9 Å². The Hall–Kier alpha value is -0.450. The third-order valence-corrected chi connectivity index (χ3v) is 4.60. The molecule has 0 atom stereocenters. The molecule has 1 saturated heterocycles. The number of halogens is 2. The van der Waals surface area contributed by atoms with Gasteiger partial charge < -0.3 is 4.90 Å². The molecule has 0 aliphatic carbocycles. The lowest BCUT2D eigenvalue weighted by Crippen LogP contribution is -2.39. The van der Waals surface area contributed by atoms with Crippen LogP contribution in [0, 0.1) is 0 Å². The van der Waals surface area contributed by atoms with E-state index < -0.39 is 0 Å². The average Bonchev–Trinajstić information content (AvgIpc) is 2.37. The number of nitrogens with zero attached hydrogens (tertiary/aromatic N) is 2. The summed E-state index contributed by atoms with van der Waals surface area (Å²) in [6, 6.07) is 3.13. The molecule has 1 aromatic rings. The van der Waals surface area contributed by atoms with E-state index in [0.29, 0.717) is 10.8 Å². The number of likely N-dealkylation sites (tertiary alicyclic amines) is 1. The molecule has 6 heteroatoms. The van der Waals surface area contributed by atoms with Crippen molar-refractivity contribution in [2.75, 3.05) is 19.3 Å². The molecule has 0 radical (unpaired) electrons. The van der Waals surface area contributed by atoms with Crippen LogP contribution in [-0.2, 0) is 0 Å². The highest BCUT2D eigenvalue weighted by Crippen LogP contribution is 2.23. The highest BCUT2D eigenvalue weighted by atomic mass is 35.5. The Labute approximate surface area is 121 Å². The fourth-order valence-electron chi connectivity index (χ4n) is 2.07. The Balaban J connectivity index is 2.07. The molecule has 0 spiro atoms. The van der Waals surface area contributed by atoms with E-state index in [1.54, 1.807) is 12.1 Å². The van der Waals surface area contributed by atoms with Crippen molar-refractivity contribution in [1.82, 2.24) is 9.88 Å². The molecule has 18 heavy (non-hydrogen) atoms. The fraction of sp³-hybridized carbons (Fsp3) is 0.500. The maximum Gasteiger partial charge on any atom is 0.254 e. The Kier molecular flexibility index (Phi) is 4.76. The van der Waals surface area contributed by atoms with Gasteiger partial charge in [0.25, 0.3) is 5.91 Å². The number of thioether (sulfide) groups is 1. The Bertz CT molecular complexity index is 427. The lowest BCUT2D eigenvalue weighted by molar-refractivity contribution is 0.0727. The van der Waals surface area contributed by atoms with Gasteiger partial charge >= 0.3 is 0 Å². The number of rotatable bonds is 2. The van der Waals surface area contributed by atoms with Gasteiger partial charge in [0.1, 0.15) is 10.3 Å². The summed E-state index contributed by atoms with van der Waals surface area (Å²) in [5, 5.41) is 1.17. The van der Waals surface area contributed by atoms with E-state index in [1.807, 2.05) is 16.7 Å². The molecule has 2 rings (SSSR count). The van der Waals surface area contributed by atoms with Crippen LogP contribution in [0.25, 0.3) is 0 Å². The maximum atomic E-state index is 12.3. The van der Waals surface area contributed by atoms with Crippen LogP contribution in [-0.4, -0.2) is 40.4 Å². The minimum Gasteiger partial charge on any atom is -0.339 e. The minimum absolute atomic E-state index is 0.0132. The normalized spacial score (nSPS) is 16.9. The molecule has 2 heterocycles. The first-order valence-corrected chi connectivity index (χ1v) is 7.79.